The van der Waals surface area contributed by atoms with Crippen LogP contribution in [0.25, 0.3) is 6.08 Å². The van der Waals surface area contributed by atoms with Crippen LogP contribution in [0.4, 0.5) is 0 Å². The van der Waals surface area contributed by atoms with E-state index in [0.29, 0.717) is 15.6 Å². The van der Waals surface area contributed by atoms with Gasteiger partial charge in [-0.1, -0.05) is 53.2 Å². The van der Waals surface area contributed by atoms with Gasteiger partial charge in [-0.15, -0.1) is 0 Å². The Bertz CT molecular complexity index is 796. The number of hydrogen-bond donors (Lipinski definition) is 2. The minimum atomic E-state index is -1.34. The fourth-order valence-corrected chi connectivity index (χ4v) is 3.94. The minimum Gasteiger partial charge on any atom is -0.481 e. The number of carboxylic acid groups (broad SMARTS) is 2. The summed E-state index contributed by atoms with van der Waals surface area (Å²) in [4.78, 5) is 35.8. The van der Waals surface area contributed by atoms with Gasteiger partial charge in [0.05, 0.1) is 4.91 Å². The van der Waals surface area contributed by atoms with Gasteiger partial charge in [0.2, 0.25) is 0 Å². The van der Waals surface area contributed by atoms with E-state index >= 15 is 0 Å². The van der Waals surface area contributed by atoms with Crippen LogP contribution in [0.2, 0.25) is 10.0 Å². The summed E-state index contributed by atoms with van der Waals surface area (Å²) in [6, 6.07) is 3.40. The van der Waals surface area contributed by atoms with Crippen molar-refractivity contribution < 1.29 is 24.6 Å². The Morgan fingerprint density at radius 2 is 2.00 bits per heavy atom. The van der Waals surface area contributed by atoms with E-state index in [1.807, 2.05) is 0 Å². The van der Waals surface area contributed by atoms with E-state index in [9.17, 15) is 19.5 Å². The molecule has 1 fully saturated rings. The summed E-state index contributed by atoms with van der Waals surface area (Å²) >= 11 is 17.9. The highest BCUT2D eigenvalue weighted by molar-refractivity contribution is 8.26. The number of nitrogens with zero attached hydrogens (tertiary/aromatic N) is 1. The Morgan fingerprint density at radius 3 is 2.56 bits per heavy atom. The van der Waals surface area contributed by atoms with Gasteiger partial charge >= 0.3 is 11.9 Å². The topological polar surface area (TPSA) is 94.9 Å². The SMILES string of the molecule is O=C(O)CC[C@H](C(=O)O)N1C(=O)/C(=C/c2ccc(Cl)cc2Cl)SC1=S. The summed E-state index contributed by atoms with van der Waals surface area (Å²) in [5.74, 6) is -3.07. The Kier molecular flexibility index (Phi) is 6.45. The molecule has 1 amide bonds. The molecule has 0 radical (unpaired) electrons. The number of carbonyl (C=O) groups is 3. The smallest absolute Gasteiger partial charge is 0.326 e. The summed E-state index contributed by atoms with van der Waals surface area (Å²) in [6.07, 6.45) is 0.857. The number of amides is 1. The van der Waals surface area contributed by atoms with Crippen LogP contribution < -0.4 is 0 Å². The molecule has 0 saturated carbocycles. The number of carboxylic acids is 2. The molecule has 0 bridgehead atoms. The molecular formula is C15H11Cl2NO5S2. The van der Waals surface area contributed by atoms with E-state index in [1.54, 1.807) is 12.1 Å². The summed E-state index contributed by atoms with van der Waals surface area (Å²) in [7, 11) is 0. The fourth-order valence-electron chi connectivity index (χ4n) is 2.13. The lowest BCUT2D eigenvalue weighted by Gasteiger charge is -2.22. The van der Waals surface area contributed by atoms with Crippen LogP contribution in [0.5, 0.6) is 0 Å². The minimum absolute atomic E-state index is 0.0547. The van der Waals surface area contributed by atoms with Gasteiger partial charge in [0.1, 0.15) is 10.4 Å². The Labute approximate surface area is 162 Å². The van der Waals surface area contributed by atoms with Crippen molar-refractivity contribution in [2.75, 3.05) is 0 Å². The molecule has 0 aliphatic carbocycles. The maximum Gasteiger partial charge on any atom is 0.326 e. The first-order chi connectivity index (χ1) is 11.7. The second kappa shape index (κ2) is 8.18. The van der Waals surface area contributed by atoms with Crippen LogP contribution in [0.15, 0.2) is 23.1 Å². The molecule has 0 aromatic heterocycles. The normalized spacial score (nSPS) is 17.2. The number of thioether (sulfide) groups is 1. The Morgan fingerprint density at radius 1 is 1.32 bits per heavy atom. The molecule has 1 saturated heterocycles. The predicted molar refractivity (Wildman–Crippen MR) is 99.8 cm³/mol. The standard InChI is InChI=1S/C15H11Cl2NO5S2/c16-8-2-1-7(9(17)6-8)5-11-13(21)18(15(24)25-11)10(14(22)23)3-4-12(19)20/h1-2,5-6,10H,3-4H2,(H,19,20)(H,22,23)/b11-5-/t10-/m1/s1. The number of halogens is 2. The first-order valence-electron chi connectivity index (χ1n) is 6.87. The zero-order chi connectivity index (χ0) is 18.7. The third-order valence-corrected chi connectivity index (χ3v) is 5.19. The molecule has 1 atom stereocenters. The molecule has 0 unspecified atom stereocenters. The zero-order valence-electron chi connectivity index (χ0n) is 12.4. The van der Waals surface area contributed by atoms with E-state index in [1.165, 1.54) is 12.1 Å². The summed E-state index contributed by atoms with van der Waals surface area (Å²) in [5, 5.41) is 18.8. The third-order valence-electron chi connectivity index (χ3n) is 3.30. The van der Waals surface area contributed by atoms with Crippen LogP contribution in [-0.4, -0.2) is 43.3 Å². The van der Waals surface area contributed by atoms with Crippen molar-refractivity contribution in [1.82, 2.24) is 4.90 Å². The maximum absolute atomic E-state index is 12.6. The number of aliphatic carboxylic acids is 2. The first-order valence-corrected chi connectivity index (χ1v) is 8.85. The second-order valence-corrected chi connectivity index (χ2v) is 7.52. The number of benzene rings is 1. The van der Waals surface area contributed by atoms with Crippen molar-refractivity contribution >= 4 is 75.4 Å². The second-order valence-electron chi connectivity index (χ2n) is 5.00. The van der Waals surface area contributed by atoms with Gasteiger partial charge in [0, 0.05) is 16.5 Å². The number of hydrogen-bond acceptors (Lipinski definition) is 5. The lowest BCUT2D eigenvalue weighted by atomic mass is 10.1. The van der Waals surface area contributed by atoms with Crippen LogP contribution in [0, 0.1) is 0 Å². The summed E-state index contributed by atoms with van der Waals surface area (Å²) in [6.45, 7) is 0. The highest BCUT2D eigenvalue weighted by Gasteiger charge is 2.40. The highest BCUT2D eigenvalue weighted by Crippen LogP contribution is 2.36. The molecule has 2 rings (SSSR count). The molecule has 132 valence electrons. The van der Waals surface area contributed by atoms with E-state index in [2.05, 4.69) is 0 Å². The van der Waals surface area contributed by atoms with Crippen LogP contribution in [-0.2, 0) is 14.4 Å². The molecule has 0 spiro atoms. The van der Waals surface area contributed by atoms with Gasteiger partial charge < -0.3 is 10.2 Å². The van der Waals surface area contributed by atoms with Gasteiger partial charge in [0.25, 0.3) is 5.91 Å². The van der Waals surface area contributed by atoms with Gasteiger partial charge in [-0.05, 0) is 30.2 Å². The van der Waals surface area contributed by atoms with Gasteiger partial charge in [0.15, 0.2) is 0 Å². The van der Waals surface area contributed by atoms with Crippen LogP contribution >= 0.6 is 47.2 Å². The van der Waals surface area contributed by atoms with Crippen LogP contribution in [0.1, 0.15) is 18.4 Å². The quantitative estimate of drug-likeness (QED) is 0.537. The Hall–Kier alpha value is -1.61. The van der Waals surface area contributed by atoms with Crippen molar-refractivity contribution in [3.8, 4) is 0 Å². The molecule has 1 aromatic rings. The number of rotatable bonds is 6. The molecule has 2 N–H and O–H groups in total. The molecule has 1 aliphatic rings. The lowest BCUT2D eigenvalue weighted by molar-refractivity contribution is -0.146. The van der Waals surface area contributed by atoms with Crippen LogP contribution in [0.3, 0.4) is 0 Å². The summed E-state index contributed by atoms with van der Waals surface area (Å²) in [5.41, 5.74) is 0.531. The molecule has 10 heteroatoms. The van der Waals surface area contributed by atoms with Gasteiger partial charge in [-0.3, -0.25) is 14.5 Å². The molecule has 1 aliphatic heterocycles. The number of carbonyl (C=O) groups excluding carboxylic acids is 1. The van der Waals surface area contributed by atoms with Gasteiger partial charge in [-0.25, -0.2) is 4.79 Å². The molecule has 25 heavy (non-hydrogen) atoms. The summed E-state index contributed by atoms with van der Waals surface area (Å²) < 4.78 is 0.0547. The first kappa shape index (κ1) is 19.7. The molecule has 1 aromatic carbocycles. The number of thiocarbonyl (C=S) groups is 1. The molecular weight excluding hydrogens is 409 g/mol. The van der Waals surface area contributed by atoms with Crippen molar-refractivity contribution in [1.29, 1.82) is 0 Å². The van der Waals surface area contributed by atoms with E-state index in [0.717, 1.165) is 16.7 Å². The van der Waals surface area contributed by atoms with E-state index < -0.39 is 30.3 Å². The lowest BCUT2D eigenvalue weighted by Crippen LogP contribution is -2.44. The largest absolute Gasteiger partial charge is 0.481 e. The zero-order valence-corrected chi connectivity index (χ0v) is 15.6. The van der Waals surface area contributed by atoms with Crippen molar-refractivity contribution in [2.45, 2.75) is 18.9 Å². The van der Waals surface area contributed by atoms with Gasteiger partial charge in [-0.2, -0.15) is 0 Å². The van der Waals surface area contributed by atoms with Crippen molar-refractivity contribution in [2.24, 2.45) is 0 Å². The average Bonchev–Trinajstić information content (AvgIpc) is 2.77. The molecule has 6 nitrogen and oxygen atoms in total. The average molecular weight is 420 g/mol. The van der Waals surface area contributed by atoms with Crippen molar-refractivity contribution in [3.05, 3.63) is 38.7 Å². The highest BCUT2D eigenvalue weighted by atomic mass is 35.5. The van der Waals surface area contributed by atoms with Crippen molar-refractivity contribution in [3.63, 3.8) is 0 Å². The Balaban J connectivity index is 2.30. The fraction of sp³-hybridized carbons (Fsp3) is 0.200. The monoisotopic (exact) mass is 419 g/mol. The molecule has 1 heterocycles. The predicted octanol–water partition coefficient (Wildman–Crippen LogP) is 3.51. The van der Waals surface area contributed by atoms with E-state index in [-0.39, 0.29) is 15.6 Å². The van der Waals surface area contributed by atoms with E-state index in [4.69, 9.17) is 40.5 Å². The third kappa shape index (κ3) is 4.72. The maximum atomic E-state index is 12.6.